The number of hydrogen-bond acceptors (Lipinski definition) is 3. The number of nitrogens with zero attached hydrogens (tertiary/aromatic N) is 4. The lowest BCUT2D eigenvalue weighted by atomic mass is 9.64. The first kappa shape index (κ1) is 21.6. The topological polar surface area (TPSA) is 61.2 Å². The standard InChI is InChI=1S/C24H34N4O/c1-19(2)24(18-29-3)15-21(9-10-23(24)22-7-5-4-6-8-22)17-28-13-11-20(12-14-28)16-26-27-25/h4-10,19-20H,11-18H2,1-3H3. The Kier molecular flexibility index (Phi) is 7.54. The van der Waals surface area contributed by atoms with Crippen LogP contribution in [0.3, 0.4) is 0 Å². The highest BCUT2D eigenvalue weighted by molar-refractivity contribution is 5.74. The molecule has 0 bridgehead atoms. The van der Waals surface area contributed by atoms with Crippen LogP contribution in [0.1, 0.15) is 38.7 Å². The Bertz CT molecular complexity index is 771. The van der Waals surface area contributed by atoms with Crippen LogP contribution in [0.15, 0.2) is 53.2 Å². The fourth-order valence-corrected chi connectivity index (χ4v) is 4.87. The lowest BCUT2D eigenvalue weighted by Crippen LogP contribution is -2.40. The van der Waals surface area contributed by atoms with Gasteiger partial charge in [-0.1, -0.05) is 67.0 Å². The highest BCUT2D eigenvalue weighted by Crippen LogP contribution is 2.49. The van der Waals surface area contributed by atoms with Crippen molar-refractivity contribution < 1.29 is 4.74 Å². The van der Waals surface area contributed by atoms with Crippen molar-refractivity contribution in [2.45, 2.75) is 33.1 Å². The first-order chi connectivity index (χ1) is 14.1. The normalized spacial score (nSPS) is 23.4. The molecule has 0 amide bonds. The van der Waals surface area contributed by atoms with Gasteiger partial charge in [-0.3, -0.25) is 4.90 Å². The van der Waals surface area contributed by atoms with Crippen molar-refractivity contribution in [2.24, 2.45) is 22.4 Å². The van der Waals surface area contributed by atoms with Crippen LogP contribution < -0.4 is 0 Å². The fraction of sp³-hybridized carbons (Fsp3) is 0.583. The highest BCUT2D eigenvalue weighted by Gasteiger charge is 2.40. The lowest BCUT2D eigenvalue weighted by Gasteiger charge is -2.43. The van der Waals surface area contributed by atoms with E-state index in [-0.39, 0.29) is 5.41 Å². The molecule has 1 atom stereocenters. The molecule has 1 heterocycles. The second-order valence-corrected chi connectivity index (χ2v) is 8.82. The second kappa shape index (κ2) is 10.1. The molecule has 1 aliphatic carbocycles. The van der Waals surface area contributed by atoms with Crippen LogP contribution in [-0.2, 0) is 4.74 Å². The molecular formula is C24H34N4O. The van der Waals surface area contributed by atoms with E-state index in [0.717, 1.165) is 45.5 Å². The average Bonchev–Trinajstić information content (AvgIpc) is 2.74. The molecule has 0 aromatic heterocycles. The van der Waals surface area contributed by atoms with Gasteiger partial charge in [-0.15, -0.1) is 0 Å². The third kappa shape index (κ3) is 5.11. The van der Waals surface area contributed by atoms with E-state index < -0.39 is 0 Å². The van der Waals surface area contributed by atoms with E-state index in [4.69, 9.17) is 10.3 Å². The quantitative estimate of drug-likeness (QED) is 0.322. The van der Waals surface area contributed by atoms with E-state index in [9.17, 15) is 0 Å². The number of azide groups is 1. The van der Waals surface area contributed by atoms with Gasteiger partial charge in [0.1, 0.15) is 0 Å². The molecule has 29 heavy (non-hydrogen) atoms. The van der Waals surface area contributed by atoms with Crippen molar-refractivity contribution in [1.29, 1.82) is 0 Å². The maximum Gasteiger partial charge on any atom is 0.0564 e. The number of methoxy groups -OCH3 is 1. The molecule has 5 heteroatoms. The summed E-state index contributed by atoms with van der Waals surface area (Å²) in [4.78, 5) is 5.46. The van der Waals surface area contributed by atoms with E-state index in [1.165, 1.54) is 16.7 Å². The summed E-state index contributed by atoms with van der Waals surface area (Å²) < 4.78 is 5.77. The Morgan fingerprint density at radius 1 is 1.21 bits per heavy atom. The largest absolute Gasteiger partial charge is 0.384 e. The van der Waals surface area contributed by atoms with Gasteiger partial charge in [0.25, 0.3) is 0 Å². The molecular weight excluding hydrogens is 360 g/mol. The third-order valence-electron chi connectivity index (χ3n) is 6.69. The maximum atomic E-state index is 8.53. The summed E-state index contributed by atoms with van der Waals surface area (Å²) >= 11 is 0. The van der Waals surface area contributed by atoms with Crippen molar-refractivity contribution >= 4 is 5.57 Å². The first-order valence-corrected chi connectivity index (χ1v) is 10.8. The van der Waals surface area contributed by atoms with Gasteiger partial charge >= 0.3 is 0 Å². The SMILES string of the molecule is COCC1(C(C)C)CC(CN2CCC(CN=[N+]=[N-])CC2)=CC=C1c1ccccc1. The number of ether oxygens (including phenoxy) is 1. The number of allylic oxidation sites excluding steroid dienone is 2. The number of likely N-dealkylation sites (tertiary alicyclic amines) is 1. The van der Waals surface area contributed by atoms with Crippen molar-refractivity contribution in [3.8, 4) is 0 Å². The molecule has 1 saturated heterocycles. The minimum Gasteiger partial charge on any atom is -0.384 e. The van der Waals surface area contributed by atoms with Crippen molar-refractivity contribution in [2.75, 3.05) is 39.9 Å². The summed E-state index contributed by atoms with van der Waals surface area (Å²) in [5, 5.41) is 3.76. The second-order valence-electron chi connectivity index (χ2n) is 8.82. The van der Waals surface area contributed by atoms with Crippen molar-refractivity contribution in [1.82, 2.24) is 4.90 Å². The monoisotopic (exact) mass is 394 g/mol. The van der Waals surface area contributed by atoms with Crippen LogP contribution in [0.5, 0.6) is 0 Å². The van der Waals surface area contributed by atoms with E-state index in [1.54, 1.807) is 0 Å². The van der Waals surface area contributed by atoms with Crippen molar-refractivity contribution in [3.63, 3.8) is 0 Å². The van der Waals surface area contributed by atoms with Gasteiger partial charge in [0.15, 0.2) is 0 Å². The van der Waals surface area contributed by atoms with Gasteiger partial charge in [0.05, 0.1) is 6.61 Å². The molecule has 2 aliphatic rings. The van der Waals surface area contributed by atoms with Crippen LogP contribution in [0.25, 0.3) is 16.0 Å². The van der Waals surface area contributed by atoms with Gasteiger partial charge in [-0.2, -0.15) is 0 Å². The zero-order chi connectivity index (χ0) is 20.7. The molecule has 1 fully saturated rings. The zero-order valence-corrected chi connectivity index (χ0v) is 18.1. The Morgan fingerprint density at radius 2 is 1.93 bits per heavy atom. The summed E-state index contributed by atoms with van der Waals surface area (Å²) in [5.41, 5.74) is 12.7. The molecule has 0 saturated carbocycles. The Labute approximate surface area is 175 Å². The number of rotatable bonds is 8. The van der Waals surface area contributed by atoms with Gasteiger partial charge < -0.3 is 4.74 Å². The van der Waals surface area contributed by atoms with E-state index in [2.05, 4.69) is 71.3 Å². The number of hydrogen-bond donors (Lipinski definition) is 0. The molecule has 0 spiro atoms. The predicted octanol–water partition coefficient (Wildman–Crippen LogP) is 5.71. The van der Waals surface area contributed by atoms with Gasteiger partial charge in [0, 0.05) is 30.5 Å². The first-order valence-electron chi connectivity index (χ1n) is 10.8. The van der Waals surface area contributed by atoms with E-state index >= 15 is 0 Å². The molecule has 156 valence electrons. The van der Waals surface area contributed by atoms with E-state index in [1.807, 2.05) is 7.11 Å². The molecule has 1 aliphatic heterocycles. The van der Waals surface area contributed by atoms with Crippen LogP contribution in [0.2, 0.25) is 0 Å². The molecule has 3 rings (SSSR count). The maximum absolute atomic E-state index is 8.53. The van der Waals surface area contributed by atoms with Crippen LogP contribution in [-0.4, -0.2) is 44.8 Å². The minimum atomic E-state index is 0.0000187. The third-order valence-corrected chi connectivity index (χ3v) is 6.69. The molecule has 0 radical (unpaired) electrons. The molecule has 1 aromatic rings. The number of benzene rings is 1. The van der Waals surface area contributed by atoms with Crippen LogP contribution in [0, 0.1) is 17.3 Å². The molecule has 5 nitrogen and oxygen atoms in total. The highest BCUT2D eigenvalue weighted by atomic mass is 16.5. The van der Waals surface area contributed by atoms with Crippen molar-refractivity contribution in [3.05, 3.63) is 64.1 Å². The summed E-state index contributed by atoms with van der Waals surface area (Å²) in [6.45, 7) is 9.19. The Morgan fingerprint density at radius 3 is 2.55 bits per heavy atom. The smallest absolute Gasteiger partial charge is 0.0564 e. The average molecular weight is 395 g/mol. The molecule has 1 unspecified atom stereocenters. The summed E-state index contributed by atoms with van der Waals surface area (Å²) in [7, 11) is 1.82. The van der Waals surface area contributed by atoms with Crippen LogP contribution in [0.4, 0.5) is 0 Å². The minimum absolute atomic E-state index is 0.0000187. The Hall–Kier alpha value is -2.07. The van der Waals surface area contributed by atoms with E-state index in [0.29, 0.717) is 18.4 Å². The lowest BCUT2D eigenvalue weighted by molar-refractivity contribution is 0.0832. The predicted molar refractivity (Wildman–Crippen MR) is 119 cm³/mol. The van der Waals surface area contributed by atoms with Gasteiger partial charge in [-0.05, 0) is 60.9 Å². The molecule has 1 aromatic carbocycles. The molecule has 0 N–H and O–H groups in total. The summed E-state index contributed by atoms with van der Waals surface area (Å²) in [5.74, 6) is 1.02. The van der Waals surface area contributed by atoms with Crippen LogP contribution >= 0.6 is 0 Å². The number of piperidine rings is 1. The van der Waals surface area contributed by atoms with Gasteiger partial charge in [-0.25, -0.2) is 0 Å². The summed E-state index contributed by atoms with van der Waals surface area (Å²) in [6, 6.07) is 10.7. The van der Waals surface area contributed by atoms with Gasteiger partial charge in [0.2, 0.25) is 0 Å². The fourth-order valence-electron chi connectivity index (χ4n) is 4.87. The zero-order valence-electron chi connectivity index (χ0n) is 18.1. The summed E-state index contributed by atoms with van der Waals surface area (Å²) in [6.07, 6.45) is 7.94. The Balaban J connectivity index is 1.76.